The third-order valence-electron chi connectivity index (χ3n) is 3.63. The molecule has 0 radical (unpaired) electrons. The summed E-state index contributed by atoms with van der Waals surface area (Å²) >= 11 is 0. The molecule has 3 aromatic carbocycles. The van der Waals surface area contributed by atoms with E-state index in [2.05, 4.69) is 23.7 Å². The predicted octanol–water partition coefficient (Wildman–Crippen LogP) is 5.73. The molecule has 3 rings (SSSR count). The lowest BCUT2D eigenvalue weighted by Gasteiger charge is -2.04. The Morgan fingerprint density at radius 1 is 0.769 bits per heavy atom. The molecule has 0 saturated heterocycles. The largest absolute Gasteiger partial charge is 0.424 e. The second-order valence-electron chi connectivity index (χ2n) is 5.47. The van der Waals surface area contributed by atoms with Crippen LogP contribution in [-0.2, 0) is 0 Å². The minimum absolute atomic E-state index is 0.550. The highest BCUT2D eigenvalue weighted by molar-refractivity contribution is 5.88. The van der Waals surface area contributed by atoms with Gasteiger partial charge in [-0.25, -0.2) is 0 Å². The Balaban J connectivity index is 1.97. The van der Waals surface area contributed by atoms with Crippen molar-refractivity contribution in [2.75, 3.05) is 0 Å². The van der Waals surface area contributed by atoms with Crippen LogP contribution in [0.2, 0.25) is 0 Å². The summed E-state index contributed by atoms with van der Waals surface area (Å²) in [5.41, 5.74) is 0.232. The number of allylic oxidation sites excluding steroid dienone is 2. The number of alkyl halides is 3. The van der Waals surface area contributed by atoms with Gasteiger partial charge in [0.2, 0.25) is 0 Å². The predicted molar refractivity (Wildman–Crippen MR) is 98.3 cm³/mol. The Bertz CT molecular complexity index is 1060. The van der Waals surface area contributed by atoms with Gasteiger partial charge in [0.1, 0.15) is 5.57 Å². The minimum atomic E-state index is -4.55. The molecule has 26 heavy (non-hydrogen) atoms. The molecule has 0 spiro atoms. The number of halogens is 3. The summed E-state index contributed by atoms with van der Waals surface area (Å²) in [6.45, 7) is 0. The molecule has 0 bridgehead atoms. The van der Waals surface area contributed by atoms with Gasteiger partial charge in [0, 0.05) is 17.2 Å². The molecule has 3 aromatic rings. The molecule has 0 unspecified atom stereocenters. The Kier molecular flexibility index (Phi) is 5.11. The first-order valence-corrected chi connectivity index (χ1v) is 7.88. The molecule has 0 amide bonds. The van der Waals surface area contributed by atoms with E-state index in [1.54, 1.807) is 36.4 Å². The molecule has 0 saturated carbocycles. The van der Waals surface area contributed by atoms with Gasteiger partial charge in [-0.3, -0.25) is 0 Å². The summed E-state index contributed by atoms with van der Waals surface area (Å²) in [6.07, 6.45) is -3.73. The molecule has 0 atom stereocenters. The molecule has 0 aromatic heterocycles. The Labute approximate surface area is 150 Å². The van der Waals surface area contributed by atoms with E-state index in [4.69, 9.17) is 0 Å². The molecule has 0 fully saturated rings. The maximum absolute atomic E-state index is 13.2. The summed E-state index contributed by atoms with van der Waals surface area (Å²) in [5.74, 6) is 10.0. The molecular formula is C23H13F3. The number of rotatable bonds is 0. The van der Waals surface area contributed by atoms with Crippen molar-refractivity contribution in [1.82, 2.24) is 0 Å². The summed E-state index contributed by atoms with van der Waals surface area (Å²) in [4.78, 5) is 0. The van der Waals surface area contributed by atoms with Gasteiger partial charge in [-0.1, -0.05) is 78.3 Å². The topological polar surface area (TPSA) is 0 Å². The average Bonchev–Trinajstić information content (AvgIpc) is 2.64. The molecular weight excluding hydrogens is 333 g/mol. The highest BCUT2D eigenvalue weighted by Gasteiger charge is 2.32. The Hall–Kier alpha value is -3.43. The first-order valence-electron chi connectivity index (χ1n) is 7.88. The van der Waals surface area contributed by atoms with Crippen molar-refractivity contribution in [2.24, 2.45) is 0 Å². The molecule has 0 aliphatic carbocycles. The Morgan fingerprint density at radius 3 is 2.23 bits per heavy atom. The Morgan fingerprint density at radius 2 is 1.46 bits per heavy atom. The molecule has 0 heterocycles. The lowest BCUT2D eigenvalue weighted by atomic mass is 10.0. The van der Waals surface area contributed by atoms with E-state index in [0.717, 1.165) is 16.8 Å². The first kappa shape index (κ1) is 17.4. The summed E-state index contributed by atoms with van der Waals surface area (Å²) in [7, 11) is 0. The smallest absolute Gasteiger partial charge is 0.165 e. The minimum Gasteiger partial charge on any atom is -0.165 e. The van der Waals surface area contributed by atoms with Crippen molar-refractivity contribution in [1.29, 1.82) is 0 Å². The molecule has 0 aliphatic heterocycles. The van der Waals surface area contributed by atoms with E-state index in [1.807, 2.05) is 36.4 Å². The van der Waals surface area contributed by atoms with Crippen molar-refractivity contribution < 1.29 is 13.2 Å². The van der Waals surface area contributed by atoms with Crippen molar-refractivity contribution in [3.63, 3.8) is 0 Å². The monoisotopic (exact) mass is 346 g/mol. The summed E-state index contributed by atoms with van der Waals surface area (Å²) in [6, 6.07) is 21.7. The third-order valence-corrected chi connectivity index (χ3v) is 3.63. The quantitative estimate of drug-likeness (QED) is 0.456. The standard InChI is InChI=1S/C23H13F3/c24-23(25,26)21(14-6-10-18-8-2-1-3-9-18)17-16-20-13-7-12-19-11-4-5-15-22(19)20/h1-5,7-9,11-15H/b21-14+. The van der Waals surface area contributed by atoms with Crippen LogP contribution >= 0.6 is 0 Å². The molecule has 0 aliphatic rings. The van der Waals surface area contributed by atoms with Crippen LogP contribution in [0.25, 0.3) is 10.8 Å². The number of hydrogen-bond donors (Lipinski definition) is 0. The van der Waals surface area contributed by atoms with Gasteiger partial charge < -0.3 is 0 Å². The first-order chi connectivity index (χ1) is 12.5. The van der Waals surface area contributed by atoms with E-state index in [9.17, 15) is 13.2 Å². The van der Waals surface area contributed by atoms with Gasteiger partial charge in [-0.2, -0.15) is 13.2 Å². The van der Waals surface area contributed by atoms with Crippen LogP contribution < -0.4 is 0 Å². The zero-order chi connectivity index (χ0) is 18.4. The maximum Gasteiger partial charge on any atom is 0.424 e. The van der Waals surface area contributed by atoms with Crippen LogP contribution in [0.5, 0.6) is 0 Å². The third kappa shape index (κ3) is 4.35. The van der Waals surface area contributed by atoms with E-state index in [0.29, 0.717) is 11.1 Å². The lowest BCUT2D eigenvalue weighted by molar-refractivity contribution is -0.0871. The van der Waals surface area contributed by atoms with Gasteiger partial charge in [0.25, 0.3) is 0 Å². The molecule has 3 heteroatoms. The van der Waals surface area contributed by atoms with Gasteiger partial charge in [0.15, 0.2) is 0 Å². The van der Waals surface area contributed by atoms with Crippen LogP contribution in [0.15, 0.2) is 84.4 Å². The highest BCUT2D eigenvalue weighted by atomic mass is 19.4. The van der Waals surface area contributed by atoms with E-state index in [1.165, 1.54) is 0 Å². The van der Waals surface area contributed by atoms with Gasteiger partial charge in [-0.05, 0) is 29.0 Å². The average molecular weight is 346 g/mol. The maximum atomic E-state index is 13.2. The summed E-state index contributed by atoms with van der Waals surface area (Å²) in [5, 5.41) is 1.75. The molecule has 126 valence electrons. The fourth-order valence-electron chi connectivity index (χ4n) is 2.37. The summed E-state index contributed by atoms with van der Waals surface area (Å²) < 4.78 is 39.7. The normalized spacial score (nSPS) is 11.3. The SMILES string of the molecule is FC(F)(F)/C(C#Cc1cccc2ccccc12)=C/C#Cc1ccccc1. The van der Waals surface area contributed by atoms with Crippen molar-refractivity contribution >= 4 is 10.8 Å². The lowest BCUT2D eigenvalue weighted by Crippen LogP contribution is -2.10. The van der Waals surface area contributed by atoms with Crippen LogP contribution in [0, 0.1) is 23.7 Å². The van der Waals surface area contributed by atoms with E-state index < -0.39 is 11.7 Å². The highest BCUT2D eigenvalue weighted by Crippen LogP contribution is 2.25. The van der Waals surface area contributed by atoms with Gasteiger partial charge in [0.05, 0.1) is 0 Å². The molecule has 0 nitrogen and oxygen atoms in total. The zero-order valence-corrected chi connectivity index (χ0v) is 13.6. The van der Waals surface area contributed by atoms with E-state index in [-0.39, 0.29) is 0 Å². The fourth-order valence-corrected chi connectivity index (χ4v) is 2.37. The zero-order valence-electron chi connectivity index (χ0n) is 13.6. The van der Waals surface area contributed by atoms with Crippen LogP contribution in [0.1, 0.15) is 11.1 Å². The fraction of sp³-hybridized carbons (Fsp3) is 0.0435. The van der Waals surface area contributed by atoms with Crippen LogP contribution in [0.4, 0.5) is 13.2 Å². The van der Waals surface area contributed by atoms with Crippen LogP contribution in [0.3, 0.4) is 0 Å². The van der Waals surface area contributed by atoms with Crippen molar-refractivity contribution in [2.45, 2.75) is 6.18 Å². The van der Waals surface area contributed by atoms with Crippen molar-refractivity contribution in [3.05, 3.63) is 95.6 Å². The number of benzene rings is 3. The van der Waals surface area contributed by atoms with Gasteiger partial charge >= 0.3 is 6.18 Å². The number of fused-ring (bicyclic) bond motifs is 1. The van der Waals surface area contributed by atoms with Crippen molar-refractivity contribution in [3.8, 4) is 23.7 Å². The number of hydrogen-bond acceptors (Lipinski definition) is 0. The molecule has 0 N–H and O–H groups in total. The van der Waals surface area contributed by atoms with Gasteiger partial charge in [-0.15, -0.1) is 0 Å². The second kappa shape index (κ2) is 7.64. The van der Waals surface area contributed by atoms with E-state index >= 15 is 0 Å². The second-order valence-corrected chi connectivity index (χ2v) is 5.47. The van der Waals surface area contributed by atoms with Crippen LogP contribution in [-0.4, -0.2) is 6.18 Å².